The summed E-state index contributed by atoms with van der Waals surface area (Å²) in [5, 5.41) is 2.28. The molecule has 0 aliphatic rings. The van der Waals surface area contributed by atoms with Gasteiger partial charge in [0.05, 0.1) is 6.04 Å². The van der Waals surface area contributed by atoms with Crippen LogP contribution in [-0.2, 0) is 4.79 Å². The second-order valence-electron chi connectivity index (χ2n) is 3.13. The predicted molar refractivity (Wildman–Crippen MR) is 56.1 cm³/mol. The van der Waals surface area contributed by atoms with Crippen LogP contribution in [0.5, 0.6) is 0 Å². The molecule has 3 nitrogen and oxygen atoms in total. The van der Waals surface area contributed by atoms with E-state index in [-0.39, 0.29) is 11.9 Å². The van der Waals surface area contributed by atoms with Crippen molar-refractivity contribution in [1.82, 2.24) is 10.3 Å². The monoisotopic (exact) mass is 212 g/mol. The van der Waals surface area contributed by atoms with Gasteiger partial charge in [-0.05, 0) is 25.5 Å². The van der Waals surface area contributed by atoms with E-state index in [9.17, 15) is 4.79 Å². The van der Waals surface area contributed by atoms with Gasteiger partial charge in [0, 0.05) is 12.4 Å². The molecule has 1 N–H and O–H groups in total. The lowest BCUT2D eigenvalue weighted by Gasteiger charge is -2.14. The highest BCUT2D eigenvalue weighted by Crippen LogP contribution is 2.10. The highest BCUT2D eigenvalue weighted by Gasteiger charge is 2.13. The number of pyridine rings is 1. The summed E-state index contributed by atoms with van der Waals surface area (Å²) in [4.78, 5) is 15.2. The zero-order chi connectivity index (χ0) is 10.6. The van der Waals surface area contributed by atoms with Gasteiger partial charge in [0.2, 0.25) is 5.91 Å². The van der Waals surface area contributed by atoms with E-state index in [1.54, 1.807) is 19.3 Å². The summed E-state index contributed by atoms with van der Waals surface area (Å²) < 4.78 is 0. The van der Waals surface area contributed by atoms with Crippen molar-refractivity contribution in [1.29, 1.82) is 0 Å². The summed E-state index contributed by atoms with van der Waals surface area (Å²) in [6.07, 6.45) is 3.42. The normalized spacial score (nSPS) is 14.5. The maximum atomic E-state index is 11.3. The molecule has 0 bridgehead atoms. The van der Waals surface area contributed by atoms with Crippen LogP contribution in [0.3, 0.4) is 0 Å². The fourth-order valence-corrected chi connectivity index (χ4v) is 1.11. The van der Waals surface area contributed by atoms with Crippen LogP contribution >= 0.6 is 11.6 Å². The molecule has 1 aromatic rings. The van der Waals surface area contributed by atoms with Gasteiger partial charge < -0.3 is 5.32 Å². The minimum Gasteiger partial charge on any atom is -0.348 e. The van der Waals surface area contributed by atoms with Crippen molar-refractivity contribution in [3.8, 4) is 0 Å². The van der Waals surface area contributed by atoms with Crippen LogP contribution in [0.4, 0.5) is 0 Å². The number of nitrogens with one attached hydrogen (secondary N) is 1. The number of hydrogen-bond donors (Lipinski definition) is 1. The van der Waals surface area contributed by atoms with Crippen LogP contribution in [0, 0.1) is 0 Å². The van der Waals surface area contributed by atoms with Crippen molar-refractivity contribution in [2.24, 2.45) is 0 Å². The molecule has 0 aliphatic carbocycles. The maximum absolute atomic E-state index is 11.3. The number of carbonyl (C=O) groups is 1. The van der Waals surface area contributed by atoms with Crippen molar-refractivity contribution in [2.45, 2.75) is 25.3 Å². The predicted octanol–water partition coefficient (Wildman–Crippen LogP) is 1.89. The summed E-state index contributed by atoms with van der Waals surface area (Å²) in [6.45, 7) is 3.54. The molecule has 4 heteroatoms. The van der Waals surface area contributed by atoms with E-state index < -0.39 is 5.38 Å². The first kappa shape index (κ1) is 11.0. The number of amides is 1. The Kier molecular flexibility index (Phi) is 3.89. The summed E-state index contributed by atoms with van der Waals surface area (Å²) >= 11 is 5.63. The van der Waals surface area contributed by atoms with E-state index in [1.807, 2.05) is 19.1 Å². The highest BCUT2D eigenvalue weighted by molar-refractivity contribution is 6.30. The molecule has 1 heterocycles. The summed E-state index contributed by atoms with van der Waals surface area (Å²) in [7, 11) is 0. The number of rotatable bonds is 3. The zero-order valence-electron chi connectivity index (χ0n) is 8.20. The molecule has 0 aliphatic heterocycles. The molecule has 0 saturated carbocycles. The molecule has 1 aromatic heterocycles. The molecule has 0 fully saturated rings. The Morgan fingerprint density at radius 3 is 2.79 bits per heavy atom. The molecule has 0 aromatic carbocycles. The number of aromatic nitrogens is 1. The van der Waals surface area contributed by atoms with Crippen molar-refractivity contribution in [3.05, 3.63) is 30.1 Å². The average molecular weight is 213 g/mol. The molecule has 14 heavy (non-hydrogen) atoms. The van der Waals surface area contributed by atoms with Crippen LogP contribution in [0.15, 0.2) is 24.5 Å². The molecule has 1 rings (SSSR count). The van der Waals surface area contributed by atoms with Gasteiger partial charge in [0.1, 0.15) is 5.38 Å². The largest absolute Gasteiger partial charge is 0.348 e. The lowest BCUT2D eigenvalue weighted by molar-refractivity contribution is -0.121. The van der Waals surface area contributed by atoms with Gasteiger partial charge in [-0.3, -0.25) is 9.78 Å². The van der Waals surface area contributed by atoms with Gasteiger partial charge in [0.15, 0.2) is 0 Å². The minimum absolute atomic E-state index is 0.0580. The van der Waals surface area contributed by atoms with E-state index >= 15 is 0 Å². The highest BCUT2D eigenvalue weighted by atomic mass is 35.5. The number of hydrogen-bond acceptors (Lipinski definition) is 2. The van der Waals surface area contributed by atoms with Gasteiger partial charge in [-0.15, -0.1) is 11.6 Å². The van der Waals surface area contributed by atoms with Crippen LogP contribution < -0.4 is 5.32 Å². The van der Waals surface area contributed by atoms with E-state index in [1.165, 1.54) is 0 Å². The van der Waals surface area contributed by atoms with Gasteiger partial charge in [-0.25, -0.2) is 0 Å². The van der Waals surface area contributed by atoms with Crippen LogP contribution in [0.2, 0.25) is 0 Å². The van der Waals surface area contributed by atoms with Gasteiger partial charge in [-0.2, -0.15) is 0 Å². The van der Waals surface area contributed by atoms with E-state index in [2.05, 4.69) is 10.3 Å². The molecule has 0 radical (unpaired) electrons. The molecule has 0 spiro atoms. The Balaban J connectivity index is 2.59. The number of carbonyl (C=O) groups excluding carboxylic acids is 1. The van der Waals surface area contributed by atoms with Gasteiger partial charge >= 0.3 is 0 Å². The van der Waals surface area contributed by atoms with E-state index in [0.29, 0.717) is 0 Å². The number of halogens is 1. The Labute approximate surface area is 88.5 Å². The lowest BCUT2D eigenvalue weighted by Crippen LogP contribution is -2.31. The number of nitrogens with zero attached hydrogens (tertiary/aromatic N) is 1. The molecule has 76 valence electrons. The lowest BCUT2D eigenvalue weighted by atomic mass is 10.1. The fraction of sp³-hybridized carbons (Fsp3) is 0.400. The molecule has 2 atom stereocenters. The van der Waals surface area contributed by atoms with Crippen molar-refractivity contribution in [3.63, 3.8) is 0 Å². The van der Waals surface area contributed by atoms with Crippen LogP contribution in [0.25, 0.3) is 0 Å². The first-order chi connectivity index (χ1) is 6.61. The first-order valence-corrected chi connectivity index (χ1v) is 4.89. The minimum atomic E-state index is -0.505. The third kappa shape index (κ3) is 3.00. The van der Waals surface area contributed by atoms with Gasteiger partial charge in [-0.1, -0.05) is 6.07 Å². The molecular formula is C10H13ClN2O. The topological polar surface area (TPSA) is 42.0 Å². The van der Waals surface area contributed by atoms with Crippen molar-refractivity contribution in [2.75, 3.05) is 0 Å². The van der Waals surface area contributed by atoms with E-state index in [4.69, 9.17) is 11.6 Å². The quantitative estimate of drug-likeness (QED) is 0.778. The average Bonchev–Trinajstić information content (AvgIpc) is 2.19. The smallest absolute Gasteiger partial charge is 0.238 e. The third-order valence-corrected chi connectivity index (χ3v) is 2.10. The Morgan fingerprint density at radius 1 is 1.57 bits per heavy atom. The molecular weight excluding hydrogens is 200 g/mol. The Bertz CT molecular complexity index is 300. The molecule has 1 amide bonds. The van der Waals surface area contributed by atoms with Gasteiger partial charge in [0.25, 0.3) is 0 Å². The second kappa shape index (κ2) is 4.96. The summed E-state index contributed by atoms with van der Waals surface area (Å²) in [5.74, 6) is -0.164. The van der Waals surface area contributed by atoms with Crippen LogP contribution in [-0.4, -0.2) is 16.3 Å². The van der Waals surface area contributed by atoms with Crippen LogP contribution in [0.1, 0.15) is 25.5 Å². The standard InChI is InChI=1S/C10H13ClN2O/c1-7(11)10(14)13-8(2)9-4-3-5-12-6-9/h3-8H,1-2H3,(H,13,14). The van der Waals surface area contributed by atoms with Crippen molar-refractivity contribution < 1.29 is 4.79 Å². The second-order valence-corrected chi connectivity index (χ2v) is 3.79. The summed E-state index contributed by atoms with van der Waals surface area (Å²) in [5.41, 5.74) is 0.971. The molecule has 2 unspecified atom stereocenters. The van der Waals surface area contributed by atoms with Crippen molar-refractivity contribution >= 4 is 17.5 Å². The molecule has 0 saturated heterocycles. The summed E-state index contributed by atoms with van der Waals surface area (Å²) in [6, 6.07) is 3.69. The third-order valence-electron chi connectivity index (χ3n) is 1.90. The maximum Gasteiger partial charge on any atom is 0.238 e. The van der Waals surface area contributed by atoms with E-state index in [0.717, 1.165) is 5.56 Å². The Morgan fingerprint density at radius 2 is 2.29 bits per heavy atom. The zero-order valence-corrected chi connectivity index (χ0v) is 8.95. The SMILES string of the molecule is CC(Cl)C(=O)NC(C)c1cccnc1. The number of alkyl halides is 1. The fourth-order valence-electron chi connectivity index (χ4n) is 1.04. The first-order valence-electron chi connectivity index (χ1n) is 4.45. The Hall–Kier alpha value is -1.09.